The second-order valence-electron chi connectivity index (χ2n) is 8.68. The number of amides is 2. The molecule has 0 aromatic heterocycles. The van der Waals surface area contributed by atoms with Gasteiger partial charge in [-0.15, -0.1) is 0 Å². The number of anilines is 3. The summed E-state index contributed by atoms with van der Waals surface area (Å²) in [4.78, 5) is 27.2. The highest BCUT2D eigenvalue weighted by Gasteiger charge is 2.35. The van der Waals surface area contributed by atoms with Gasteiger partial charge in [-0.2, -0.15) is 0 Å². The van der Waals surface area contributed by atoms with Crippen LogP contribution in [0, 0.1) is 26.7 Å². The van der Waals surface area contributed by atoms with E-state index < -0.39 is 15.9 Å². The molecule has 34 heavy (non-hydrogen) atoms. The van der Waals surface area contributed by atoms with Gasteiger partial charge in [0.25, 0.3) is 10.0 Å². The number of benzene rings is 3. The summed E-state index contributed by atoms with van der Waals surface area (Å²) in [5, 5.41) is 2.80. The molecule has 2 amide bonds. The highest BCUT2D eigenvalue weighted by atomic mass is 32.2. The van der Waals surface area contributed by atoms with Gasteiger partial charge in [-0.3, -0.25) is 14.3 Å². The van der Waals surface area contributed by atoms with Gasteiger partial charge in [-0.25, -0.2) is 8.42 Å². The molecule has 1 fully saturated rings. The standard InChI is InChI=1S/C26H27N3O4S/c1-17-5-8-22(9-6-17)28-34(32,33)23-12-10-21(11-13-23)27-26(31)20-15-25(30)29(16-20)24-14-18(2)4-7-19(24)3/h4-14,20,28H,15-16H2,1-3H3,(H,27,31). The fourth-order valence-corrected chi connectivity index (χ4v) is 4.98. The van der Waals surface area contributed by atoms with Crippen molar-refractivity contribution in [3.63, 3.8) is 0 Å². The maximum absolute atomic E-state index is 12.8. The summed E-state index contributed by atoms with van der Waals surface area (Å²) < 4.78 is 27.8. The maximum atomic E-state index is 12.8. The second kappa shape index (κ2) is 9.30. The lowest BCUT2D eigenvalue weighted by molar-refractivity contribution is -0.122. The van der Waals surface area contributed by atoms with Gasteiger partial charge in [0.2, 0.25) is 11.8 Å². The van der Waals surface area contributed by atoms with Crippen molar-refractivity contribution in [3.05, 3.63) is 83.4 Å². The zero-order chi connectivity index (χ0) is 24.5. The molecule has 1 heterocycles. The Kier molecular flexibility index (Phi) is 6.43. The lowest BCUT2D eigenvalue weighted by Gasteiger charge is -2.19. The van der Waals surface area contributed by atoms with E-state index in [2.05, 4.69) is 10.0 Å². The Bertz CT molecular complexity index is 1330. The summed E-state index contributed by atoms with van der Waals surface area (Å²) >= 11 is 0. The molecule has 7 nitrogen and oxygen atoms in total. The Morgan fingerprint density at radius 2 is 1.50 bits per heavy atom. The summed E-state index contributed by atoms with van der Waals surface area (Å²) in [6, 6.07) is 18.9. The van der Waals surface area contributed by atoms with E-state index in [0.29, 0.717) is 17.9 Å². The minimum absolute atomic E-state index is 0.0857. The quantitative estimate of drug-likeness (QED) is 0.550. The number of rotatable bonds is 6. The largest absolute Gasteiger partial charge is 0.326 e. The van der Waals surface area contributed by atoms with Gasteiger partial charge >= 0.3 is 0 Å². The minimum atomic E-state index is -3.75. The number of hydrogen-bond donors (Lipinski definition) is 2. The Hall–Kier alpha value is -3.65. The minimum Gasteiger partial charge on any atom is -0.326 e. The van der Waals surface area contributed by atoms with Gasteiger partial charge < -0.3 is 10.2 Å². The summed E-state index contributed by atoms with van der Waals surface area (Å²) in [5.41, 5.74) is 4.84. The van der Waals surface area contributed by atoms with E-state index >= 15 is 0 Å². The molecule has 3 aromatic rings. The van der Waals surface area contributed by atoms with Crippen molar-refractivity contribution in [1.82, 2.24) is 0 Å². The lowest BCUT2D eigenvalue weighted by atomic mass is 10.1. The van der Waals surface area contributed by atoms with Gasteiger partial charge in [0, 0.05) is 30.0 Å². The normalized spacial score (nSPS) is 15.9. The molecule has 2 N–H and O–H groups in total. The molecular formula is C26H27N3O4S. The highest BCUT2D eigenvalue weighted by molar-refractivity contribution is 7.92. The average Bonchev–Trinajstić information content (AvgIpc) is 3.19. The van der Waals surface area contributed by atoms with Crippen LogP contribution in [0.2, 0.25) is 0 Å². The van der Waals surface area contributed by atoms with Crippen molar-refractivity contribution < 1.29 is 18.0 Å². The van der Waals surface area contributed by atoms with Crippen molar-refractivity contribution in [2.45, 2.75) is 32.1 Å². The molecule has 176 valence electrons. The molecule has 1 unspecified atom stereocenters. The fraction of sp³-hybridized carbons (Fsp3) is 0.231. The SMILES string of the molecule is Cc1ccc(NS(=O)(=O)c2ccc(NC(=O)C3CC(=O)N(c4cc(C)ccc4C)C3)cc2)cc1. The van der Waals surface area contributed by atoms with E-state index in [1.54, 1.807) is 29.2 Å². The maximum Gasteiger partial charge on any atom is 0.261 e. The van der Waals surface area contributed by atoms with Crippen LogP contribution in [-0.4, -0.2) is 26.8 Å². The van der Waals surface area contributed by atoms with E-state index in [1.165, 1.54) is 12.1 Å². The molecule has 1 saturated heterocycles. The second-order valence-corrected chi connectivity index (χ2v) is 10.4. The van der Waals surface area contributed by atoms with E-state index in [9.17, 15) is 18.0 Å². The van der Waals surface area contributed by atoms with Crippen molar-refractivity contribution in [2.24, 2.45) is 5.92 Å². The van der Waals surface area contributed by atoms with E-state index in [1.807, 2.05) is 51.1 Å². The van der Waals surface area contributed by atoms with Gasteiger partial charge in [0.05, 0.1) is 10.8 Å². The van der Waals surface area contributed by atoms with Crippen LogP contribution in [0.3, 0.4) is 0 Å². The third kappa shape index (κ3) is 5.12. The predicted octanol–water partition coefficient (Wildman–Crippen LogP) is 4.40. The topological polar surface area (TPSA) is 95.6 Å². The number of sulfonamides is 1. The Labute approximate surface area is 199 Å². The first-order chi connectivity index (χ1) is 16.1. The summed E-state index contributed by atoms with van der Waals surface area (Å²) in [6.45, 7) is 6.14. The molecule has 4 rings (SSSR count). The van der Waals surface area contributed by atoms with Gasteiger partial charge in [0.1, 0.15) is 0 Å². The van der Waals surface area contributed by atoms with Crippen LogP contribution in [0.4, 0.5) is 17.1 Å². The predicted molar refractivity (Wildman–Crippen MR) is 133 cm³/mol. The first kappa shape index (κ1) is 23.5. The molecular weight excluding hydrogens is 450 g/mol. The molecule has 0 bridgehead atoms. The smallest absolute Gasteiger partial charge is 0.261 e. The van der Waals surface area contributed by atoms with E-state index in [-0.39, 0.29) is 23.1 Å². The lowest BCUT2D eigenvalue weighted by Crippen LogP contribution is -2.28. The molecule has 1 aliphatic heterocycles. The van der Waals surface area contributed by atoms with Crippen LogP contribution >= 0.6 is 0 Å². The van der Waals surface area contributed by atoms with Crippen LogP contribution in [0.25, 0.3) is 0 Å². The van der Waals surface area contributed by atoms with Crippen molar-refractivity contribution in [1.29, 1.82) is 0 Å². The summed E-state index contributed by atoms with van der Waals surface area (Å²) in [7, 11) is -3.75. The summed E-state index contributed by atoms with van der Waals surface area (Å²) in [6.07, 6.45) is 0.131. The molecule has 3 aromatic carbocycles. The van der Waals surface area contributed by atoms with E-state index in [4.69, 9.17) is 0 Å². The Morgan fingerprint density at radius 3 is 2.18 bits per heavy atom. The number of nitrogens with zero attached hydrogens (tertiary/aromatic N) is 1. The zero-order valence-corrected chi connectivity index (χ0v) is 20.1. The third-order valence-corrected chi connectivity index (χ3v) is 7.28. The van der Waals surface area contributed by atoms with Gasteiger partial charge in [-0.05, 0) is 74.4 Å². The van der Waals surface area contributed by atoms with Crippen LogP contribution in [0.1, 0.15) is 23.1 Å². The number of carbonyl (C=O) groups is 2. The molecule has 0 spiro atoms. The van der Waals surface area contributed by atoms with Crippen molar-refractivity contribution in [3.8, 4) is 0 Å². The molecule has 0 radical (unpaired) electrons. The number of aryl methyl sites for hydroxylation is 3. The Morgan fingerprint density at radius 1 is 0.882 bits per heavy atom. The zero-order valence-electron chi connectivity index (χ0n) is 19.3. The molecule has 1 aliphatic rings. The third-order valence-electron chi connectivity index (χ3n) is 5.89. The monoisotopic (exact) mass is 477 g/mol. The van der Waals surface area contributed by atoms with Crippen molar-refractivity contribution >= 4 is 38.9 Å². The van der Waals surface area contributed by atoms with Crippen LogP contribution < -0.4 is 14.9 Å². The molecule has 0 saturated carbocycles. The van der Waals surface area contributed by atoms with Crippen LogP contribution in [0.15, 0.2) is 71.6 Å². The molecule has 8 heteroatoms. The Balaban J connectivity index is 1.41. The van der Waals surface area contributed by atoms with Crippen molar-refractivity contribution in [2.75, 3.05) is 21.5 Å². The number of carbonyl (C=O) groups excluding carboxylic acids is 2. The average molecular weight is 478 g/mol. The van der Waals surface area contributed by atoms with Crippen LogP contribution in [0.5, 0.6) is 0 Å². The van der Waals surface area contributed by atoms with Crippen LogP contribution in [-0.2, 0) is 19.6 Å². The highest BCUT2D eigenvalue weighted by Crippen LogP contribution is 2.29. The first-order valence-electron chi connectivity index (χ1n) is 11.0. The number of hydrogen-bond acceptors (Lipinski definition) is 4. The van der Waals surface area contributed by atoms with Gasteiger partial charge in [0.15, 0.2) is 0 Å². The van der Waals surface area contributed by atoms with Gasteiger partial charge in [-0.1, -0.05) is 29.8 Å². The fourth-order valence-electron chi connectivity index (χ4n) is 3.92. The number of nitrogens with one attached hydrogen (secondary N) is 2. The molecule has 1 atom stereocenters. The summed E-state index contributed by atoms with van der Waals surface area (Å²) in [5.74, 6) is -0.842. The van der Waals surface area contributed by atoms with E-state index in [0.717, 1.165) is 22.4 Å². The first-order valence-corrected chi connectivity index (χ1v) is 12.5. The molecule has 0 aliphatic carbocycles.